The summed E-state index contributed by atoms with van der Waals surface area (Å²) < 4.78 is 0. The lowest BCUT2D eigenvalue weighted by atomic mass is 10.1. The van der Waals surface area contributed by atoms with Crippen molar-refractivity contribution in [1.82, 2.24) is 15.3 Å². The summed E-state index contributed by atoms with van der Waals surface area (Å²) in [4.78, 5) is 22.6. The minimum absolute atomic E-state index is 0.00508. The third kappa shape index (κ3) is 4.88. The molecule has 0 spiro atoms. The number of nitrogens with one attached hydrogen (secondary N) is 2. The van der Waals surface area contributed by atoms with Crippen LogP contribution in [0.2, 0.25) is 0 Å². The molecule has 0 aliphatic heterocycles. The number of hydrogen-bond donors (Lipinski definition) is 2. The summed E-state index contributed by atoms with van der Waals surface area (Å²) in [6.07, 6.45) is 4.44. The molecule has 1 heterocycles. The summed E-state index contributed by atoms with van der Waals surface area (Å²) in [5.74, 6) is 1.74. The number of carbonyl (C=O) groups is 1. The van der Waals surface area contributed by atoms with Crippen LogP contribution < -0.4 is 15.5 Å². The minimum Gasteiger partial charge on any atom is -0.370 e. The lowest BCUT2D eigenvalue weighted by Crippen LogP contribution is -2.37. The normalized spacial score (nSPS) is 10.3. The molecule has 2 N–H and O–H groups in total. The second-order valence-corrected chi connectivity index (χ2v) is 4.90. The molecule has 0 fully saturated rings. The van der Waals surface area contributed by atoms with Crippen LogP contribution in [-0.2, 0) is 11.2 Å². The fraction of sp³-hybridized carbons (Fsp3) is 0.667. The molecule has 0 aromatic carbocycles. The maximum Gasteiger partial charge on any atom is 0.239 e. The fourth-order valence-corrected chi connectivity index (χ4v) is 2.26. The maximum absolute atomic E-state index is 11.7. The van der Waals surface area contributed by atoms with Crippen LogP contribution in [-0.4, -0.2) is 42.6 Å². The zero-order valence-corrected chi connectivity index (χ0v) is 13.6. The van der Waals surface area contributed by atoms with Crippen molar-refractivity contribution in [3.63, 3.8) is 0 Å². The van der Waals surface area contributed by atoms with E-state index < -0.39 is 0 Å². The van der Waals surface area contributed by atoms with Crippen molar-refractivity contribution >= 4 is 17.5 Å². The van der Waals surface area contributed by atoms with E-state index in [1.165, 1.54) is 0 Å². The molecule has 21 heavy (non-hydrogen) atoms. The smallest absolute Gasteiger partial charge is 0.239 e. The monoisotopic (exact) mass is 293 g/mol. The second kappa shape index (κ2) is 9.15. The highest BCUT2D eigenvalue weighted by molar-refractivity contribution is 5.81. The first-order valence-electron chi connectivity index (χ1n) is 7.71. The van der Waals surface area contributed by atoms with Crippen LogP contribution in [0.25, 0.3) is 0 Å². The van der Waals surface area contributed by atoms with Gasteiger partial charge in [0.2, 0.25) is 5.91 Å². The molecule has 0 saturated carbocycles. The Hall–Kier alpha value is -1.85. The molecule has 0 bridgehead atoms. The highest BCUT2D eigenvalue weighted by Gasteiger charge is 2.18. The van der Waals surface area contributed by atoms with Gasteiger partial charge in [0.05, 0.1) is 6.54 Å². The number of anilines is 2. The van der Waals surface area contributed by atoms with Crippen LogP contribution in [0, 0.1) is 0 Å². The van der Waals surface area contributed by atoms with E-state index in [2.05, 4.69) is 34.4 Å². The molecular weight excluding hydrogens is 266 g/mol. The number of aromatic nitrogens is 2. The number of likely N-dealkylation sites (N-methyl/N-ethyl adjacent to an activating group) is 1. The van der Waals surface area contributed by atoms with E-state index >= 15 is 0 Å². The molecule has 0 aliphatic rings. The van der Waals surface area contributed by atoms with Crippen molar-refractivity contribution in [2.24, 2.45) is 0 Å². The van der Waals surface area contributed by atoms with E-state index in [4.69, 9.17) is 0 Å². The molecular formula is C15H27N5O. The van der Waals surface area contributed by atoms with Crippen molar-refractivity contribution < 1.29 is 4.79 Å². The third-order valence-corrected chi connectivity index (χ3v) is 3.17. The van der Waals surface area contributed by atoms with Gasteiger partial charge in [-0.3, -0.25) is 4.79 Å². The van der Waals surface area contributed by atoms with E-state index in [1.54, 1.807) is 13.4 Å². The topological polar surface area (TPSA) is 70.2 Å². The van der Waals surface area contributed by atoms with Gasteiger partial charge in [-0.25, -0.2) is 9.97 Å². The average molecular weight is 293 g/mol. The van der Waals surface area contributed by atoms with Gasteiger partial charge in [0, 0.05) is 25.7 Å². The third-order valence-electron chi connectivity index (χ3n) is 3.17. The first-order valence-corrected chi connectivity index (χ1v) is 7.71. The van der Waals surface area contributed by atoms with Crippen molar-refractivity contribution in [2.75, 3.05) is 36.9 Å². The highest BCUT2D eigenvalue weighted by Crippen LogP contribution is 2.25. The number of nitrogens with zero attached hydrogens (tertiary/aromatic N) is 3. The molecule has 0 atom stereocenters. The summed E-state index contributed by atoms with van der Waals surface area (Å²) in [6.45, 7) is 8.22. The first-order chi connectivity index (χ1) is 10.2. The summed E-state index contributed by atoms with van der Waals surface area (Å²) in [5, 5.41) is 5.96. The van der Waals surface area contributed by atoms with Gasteiger partial charge >= 0.3 is 0 Å². The Labute approximate surface area is 127 Å². The van der Waals surface area contributed by atoms with Crippen LogP contribution >= 0.6 is 0 Å². The van der Waals surface area contributed by atoms with E-state index in [0.29, 0.717) is 6.54 Å². The minimum atomic E-state index is -0.00508. The number of hydrogen-bond acceptors (Lipinski definition) is 5. The van der Waals surface area contributed by atoms with Gasteiger partial charge in [-0.1, -0.05) is 20.3 Å². The zero-order valence-electron chi connectivity index (χ0n) is 13.6. The molecule has 1 rings (SSSR count). The van der Waals surface area contributed by atoms with Crippen LogP contribution in [0.3, 0.4) is 0 Å². The van der Waals surface area contributed by atoms with Gasteiger partial charge in [-0.15, -0.1) is 0 Å². The van der Waals surface area contributed by atoms with Crippen LogP contribution in [0.5, 0.6) is 0 Å². The van der Waals surface area contributed by atoms with Crippen LogP contribution in [0.4, 0.5) is 11.6 Å². The molecule has 6 heteroatoms. The van der Waals surface area contributed by atoms with Gasteiger partial charge in [0.15, 0.2) is 0 Å². The average Bonchev–Trinajstić information content (AvgIpc) is 2.49. The van der Waals surface area contributed by atoms with Gasteiger partial charge in [0.1, 0.15) is 18.0 Å². The zero-order chi connectivity index (χ0) is 15.7. The Morgan fingerprint density at radius 2 is 2.00 bits per heavy atom. The molecule has 1 aromatic rings. The van der Waals surface area contributed by atoms with Crippen molar-refractivity contribution in [2.45, 2.75) is 40.0 Å². The Bertz CT molecular complexity index is 450. The molecule has 0 unspecified atom stereocenters. The van der Waals surface area contributed by atoms with Gasteiger partial charge in [-0.05, 0) is 19.8 Å². The van der Waals surface area contributed by atoms with Crippen LogP contribution in [0.15, 0.2) is 6.33 Å². The van der Waals surface area contributed by atoms with Gasteiger partial charge in [-0.2, -0.15) is 0 Å². The molecule has 0 radical (unpaired) electrons. The summed E-state index contributed by atoms with van der Waals surface area (Å²) in [7, 11) is 1.66. The van der Waals surface area contributed by atoms with Crippen LogP contribution in [0.1, 0.15) is 39.2 Å². The van der Waals surface area contributed by atoms with E-state index in [9.17, 15) is 4.79 Å². The molecule has 1 amide bonds. The Morgan fingerprint density at radius 3 is 2.57 bits per heavy atom. The SMILES string of the molecule is CCCc1c(NCC)ncnc1N(CCC)CC(=O)NC. The number of carbonyl (C=O) groups excluding carboxylic acids is 1. The first kappa shape index (κ1) is 17.2. The Balaban J connectivity index is 3.15. The predicted molar refractivity (Wildman–Crippen MR) is 86.8 cm³/mol. The standard InChI is InChI=1S/C15H27N5O/c1-5-8-12-14(17-7-3)18-11-19-15(12)20(9-6-2)10-13(21)16-4/h11H,5-10H2,1-4H3,(H,16,21)(H,17,18,19). The predicted octanol–water partition coefficient (Wildman–Crippen LogP) is 1.82. The fourth-order valence-electron chi connectivity index (χ4n) is 2.26. The molecule has 1 aromatic heterocycles. The highest BCUT2D eigenvalue weighted by atomic mass is 16.1. The summed E-state index contributed by atoms with van der Waals surface area (Å²) >= 11 is 0. The van der Waals surface area contributed by atoms with Crippen molar-refractivity contribution in [3.8, 4) is 0 Å². The van der Waals surface area contributed by atoms with Gasteiger partial charge in [0.25, 0.3) is 0 Å². The largest absolute Gasteiger partial charge is 0.370 e. The summed E-state index contributed by atoms with van der Waals surface area (Å²) in [6, 6.07) is 0. The van der Waals surface area contributed by atoms with E-state index in [-0.39, 0.29) is 5.91 Å². The molecule has 0 aliphatic carbocycles. The summed E-state index contributed by atoms with van der Waals surface area (Å²) in [5.41, 5.74) is 1.10. The number of rotatable bonds is 9. The van der Waals surface area contributed by atoms with Gasteiger partial charge < -0.3 is 15.5 Å². The Morgan fingerprint density at radius 1 is 1.24 bits per heavy atom. The van der Waals surface area contributed by atoms with Crippen molar-refractivity contribution in [1.29, 1.82) is 0 Å². The number of amides is 1. The second-order valence-electron chi connectivity index (χ2n) is 4.90. The molecule has 0 saturated heterocycles. The Kier molecular flexibility index (Phi) is 7.50. The lowest BCUT2D eigenvalue weighted by Gasteiger charge is -2.25. The van der Waals surface area contributed by atoms with E-state index in [0.717, 1.165) is 49.6 Å². The quantitative estimate of drug-likeness (QED) is 0.727. The lowest BCUT2D eigenvalue weighted by molar-refractivity contribution is -0.119. The van der Waals surface area contributed by atoms with Crippen molar-refractivity contribution in [3.05, 3.63) is 11.9 Å². The van der Waals surface area contributed by atoms with E-state index in [1.807, 2.05) is 11.8 Å². The molecule has 6 nitrogen and oxygen atoms in total. The maximum atomic E-state index is 11.7. The molecule has 118 valence electrons.